The average molecular weight is 428 g/mol. The van der Waals surface area contributed by atoms with Crippen LogP contribution in [0.5, 0.6) is 0 Å². The number of amides is 2. The maximum Gasteiger partial charge on any atom is 0.322 e. The molecule has 0 aliphatic carbocycles. The number of nitrogens with zero attached hydrogens (tertiary/aromatic N) is 2. The van der Waals surface area contributed by atoms with Crippen LogP contribution in [0, 0.1) is 12.7 Å². The Labute approximate surface area is 187 Å². The highest BCUT2D eigenvalue weighted by atomic mass is 19.1. The first kappa shape index (κ1) is 21.4. The minimum absolute atomic E-state index is 0.172. The van der Waals surface area contributed by atoms with Crippen molar-refractivity contribution in [1.82, 2.24) is 9.47 Å². The van der Waals surface area contributed by atoms with Gasteiger partial charge in [0.15, 0.2) is 0 Å². The summed E-state index contributed by atoms with van der Waals surface area (Å²) >= 11 is 0. The number of halogens is 1. The Morgan fingerprint density at radius 1 is 0.875 bits per heavy atom. The number of hydrogen-bond acceptors (Lipinski definition) is 1. The third-order valence-electron chi connectivity index (χ3n) is 5.50. The molecule has 0 saturated carbocycles. The van der Waals surface area contributed by atoms with Gasteiger partial charge in [0.25, 0.3) is 0 Å². The van der Waals surface area contributed by atoms with Gasteiger partial charge in [-0.2, -0.15) is 0 Å². The molecule has 4 aromatic rings. The van der Waals surface area contributed by atoms with Crippen molar-refractivity contribution in [2.75, 3.05) is 5.32 Å². The minimum Gasteiger partial charge on any atom is -0.345 e. The smallest absolute Gasteiger partial charge is 0.322 e. The Morgan fingerprint density at radius 3 is 2.38 bits per heavy atom. The molecule has 0 radical (unpaired) electrons. The zero-order valence-electron chi connectivity index (χ0n) is 18.0. The molecule has 0 aliphatic rings. The van der Waals surface area contributed by atoms with Crippen LogP contribution < -0.4 is 5.32 Å². The van der Waals surface area contributed by atoms with Gasteiger partial charge in [-0.05, 0) is 47.9 Å². The lowest BCUT2D eigenvalue weighted by Crippen LogP contribution is -2.35. The van der Waals surface area contributed by atoms with Crippen molar-refractivity contribution in [2.45, 2.75) is 26.6 Å². The van der Waals surface area contributed by atoms with Gasteiger partial charge in [-0.15, -0.1) is 0 Å². The molecule has 1 heterocycles. The molecule has 4 nitrogen and oxygen atoms in total. The van der Waals surface area contributed by atoms with Crippen LogP contribution >= 0.6 is 0 Å². The predicted octanol–water partition coefficient (Wildman–Crippen LogP) is 6.22. The van der Waals surface area contributed by atoms with Crippen molar-refractivity contribution in [2.24, 2.45) is 0 Å². The highest BCUT2D eigenvalue weighted by Crippen LogP contribution is 2.18. The first-order valence-electron chi connectivity index (χ1n) is 10.6. The van der Waals surface area contributed by atoms with E-state index in [-0.39, 0.29) is 11.7 Å². The van der Waals surface area contributed by atoms with Crippen LogP contribution in [0.1, 0.15) is 22.4 Å². The molecular formula is C27H26FN3O. The summed E-state index contributed by atoms with van der Waals surface area (Å²) < 4.78 is 16.3. The van der Waals surface area contributed by atoms with Crippen LogP contribution in [0.15, 0.2) is 97.2 Å². The number of aromatic nitrogens is 1. The third kappa shape index (κ3) is 5.24. The van der Waals surface area contributed by atoms with Crippen LogP contribution in [-0.2, 0) is 19.6 Å². The van der Waals surface area contributed by atoms with Crippen LogP contribution in [0.25, 0.3) is 0 Å². The topological polar surface area (TPSA) is 37.3 Å². The van der Waals surface area contributed by atoms with E-state index in [1.54, 1.807) is 23.1 Å². The van der Waals surface area contributed by atoms with Crippen LogP contribution in [-0.4, -0.2) is 15.5 Å². The molecule has 0 aliphatic heterocycles. The lowest BCUT2D eigenvalue weighted by Gasteiger charge is -2.24. The van der Waals surface area contributed by atoms with Crippen molar-refractivity contribution in [3.63, 3.8) is 0 Å². The highest BCUT2D eigenvalue weighted by molar-refractivity contribution is 5.89. The SMILES string of the molecule is Cc1ccccc1Cn1cccc1CN(Cc1ccccc1)C(=O)Nc1ccccc1F. The van der Waals surface area contributed by atoms with E-state index in [9.17, 15) is 9.18 Å². The summed E-state index contributed by atoms with van der Waals surface area (Å²) in [5.74, 6) is -0.455. The summed E-state index contributed by atoms with van der Waals surface area (Å²) in [7, 11) is 0. The molecule has 0 unspecified atom stereocenters. The van der Waals surface area contributed by atoms with Crippen LogP contribution in [0.2, 0.25) is 0 Å². The second-order valence-electron chi connectivity index (χ2n) is 7.81. The van der Waals surface area contributed by atoms with E-state index in [1.165, 1.54) is 17.2 Å². The molecular weight excluding hydrogens is 401 g/mol. The fourth-order valence-corrected chi connectivity index (χ4v) is 3.67. The van der Waals surface area contributed by atoms with E-state index < -0.39 is 5.82 Å². The molecule has 0 saturated heterocycles. The first-order valence-corrected chi connectivity index (χ1v) is 10.6. The fourth-order valence-electron chi connectivity index (χ4n) is 3.67. The fraction of sp³-hybridized carbons (Fsp3) is 0.148. The molecule has 32 heavy (non-hydrogen) atoms. The van der Waals surface area contributed by atoms with Gasteiger partial charge in [0.05, 0.1) is 12.2 Å². The Bertz CT molecular complexity index is 1190. The number of urea groups is 1. The number of carbonyl (C=O) groups excluding carboxylic acids is 1. The van der Waals surface area contributed by atoms with Crippen molar-refractivity contribution < 1.29 is 9.18 Å². The second kappa shape index (κ2) is 9.96. The predicted molar refractivity (Wildman–Crippen MR) is 126 cm³/mol. The Morgan fingerprint density at radius 2 is 1.59 bits per heavy atom. The van der Waals surface area contributed by atoms with Crippen molar-refractivity contribution in [1.29, 1.82) is 0 Å². The maximum absolute atomic E-state index is 14.1. The van der Waals surface area contributed by atoms with E-state index in [2.05, 4.69) is 28.9 Å². The normalized spacial score (nSPS) is 10.7. The number of nitrogens with one attached hydrogen (secondary N) is 1. The second-order valence-corrected chi connectivity index (χ2v) is 7.81. The third-order valence-corrected chi connectivity index (χ3v) is 5.50. The van der Waals surface area contributed by atoms with Crippen LogP contribution in [0.3, 0.4) is 0 Å². The van der Waals surface area contributed by atoms with Crippen molar-refractivity contribution in [3.05, 3.63) is 125 Å². The number of carbonyl (C=O) groups is 1. The van der Waals surface area contributed by atoms with Crippen LogP contribution in [0.4, 0.5) is 14.9 Å². The van der Waals surface area contributed by atoms with E-state index in [4.69, 9.17) is 0 Å². The molecule has 0 spiro atoms. The van der Waals surface area contributed by atoms with Gasteiger partial charge in [0, 0.05) is 25.0 Å². The van der Waals surface area contributed by atoms with Crippen molar-refractivity contribution in [3.8, 4) is 0 Å². The lowest BCUT2D eigenvalue weighted by atomic mass is 10.1. The quantitative estimate of drug-likeness (QED) is 0.374. The molecule has 3 aromatic carbocycles. The molecule has 5 heteroatoms. The van der Waals surface area contributed by atoms with Gasteiger partial charge in [0.2, 0.25) is 0 Å². The zero-order valence-corrected chi connectivity index (χ0v) is 18.0. The van der Waals surface area contributed by atoms with Crippen molar-refractivity contribution >= 4 is 11.7 Å². The monoisotopic (exact) mass is 427 g/mol. The number of hydrogen-bond donors (Lipinski definition) is 1. The molecule has 0 fully saturated rings. The summed E-state index contributed by atoms with van der Waals surface area (Å²) in [6.45, 7) is 3.63. The maximum atomic E-state index is 14.1. The molecule has 0 atom stereocenters. The highest BCUT2D eigenvalue weighted by Gasteiger charge is 2.18. The van der Waals surface area contributed by atoms with Gasteiger partial charge in [-0.1, -0.05) is 66.7 Å². The first-order chi connectivity index (χ1) is 15.6. The zero-order chi connectivity index (χ0) is 22.3. The van der Waals surface area contributed by atoms with Gasteiger partial charge < -0.3 is 14.8 Å². The number of para-hydroxylation sites is 1. The minimum atomic E-state index is -0.455. The summed E-state index contributed by atoms with van der Waals surface area (Å²) in [5.41, 5.74) is 4.65. The van der Waals surface area contributed by atoms with E-state index in [0.717, 1.165) is 17.8 Å². The largest absolute Gasteiger partial charge is 0.345 e. The Kier molecular flexibility index (Phi) is 6.66. The Balaban J connectivity index is 1.57. The summed E-state index contributed by atoms with van der Waals surface area (Å²) in [6, 6.07) is 28.0. The number of benzene rings is 3. The summed E-state index contributed by atoms with van der Waals surface area (Å²) in [6.07, 6.45) is 2.03. The molecule has 0 bridgehead atoms. The molecule has 1 N–H and O–H groups in total. The Hall–Kier alpha value is -3.86. The standard InChI is InChI=1S/C27H26FN3O/c1-21-10-5-6-13-23(21)19-30-17-9-14-24(30)20-31(18-22-11-3-2-4-12-22)27(32)29-26-16-8-7-15-25(26)28/h2-17H,18-20H2,1H3,(H,29,32). The number of rotatable bonds is 7. The molecule has 2 amide bonds. The molecule has 162 valence electrons. The molecule has 1 aromatic heterocycles. The van der Waals surface area contributed by atoms with Gasteiger partial charge in [0.1, 0.15) is 5.82 Å². The number of anilines is 1. The van der Waals surface area contributed by atoms with Gasteiger partial charge >= 0.3 is 6.03 Å². The lowest BCUT2D eigenvalue weighted by molar-refractivity contribution is 0.205. The van der Waals surface area contributed by atoms with E-state index in [1.807, 2.05) is 60.8 Å². The summed E-state index contributed by atoms with van der Waals surface area (Å²) in [5, 5.41) is 2.72. The van der Waals surface area contributed by atoms with Gasteiger partial charge in [-0.3, -0.25) is 0 Å². The summed E-state index contributed by atoms with van der Waals surface area (Å²) in [4.78, 5) is 14.9. The average Bonchev–Trinajstić information content (AvgIpc) is 3.24. The molecule has 4 rings (SSSR count). The van der Waals surface area contributed by atoms with E-state index in [0.29, 0.717) is 13.1 Å². The van der Waals surface area contributed by atoms with Gasteiger partial charge in [-0.25, -0.2) is 9.18 Å². The van der Waals surface area contributed by atoms with E-state index >= 15 is 0 Å². The number of aryl methyl sites for hydroxylation is 1.